The molecule has 0 saturated carbocycles. The molecule has 7 nitrogen and oxygen atoms in total. The van der Waals surface area contributed by atoms with Gasteiger partial charge in [-0.2, -0.15) is 0 Å². The van der Waals surface area contributed by atoms with Gasteiger partial charge < -0.3 is 24.7 Å². The Kier molecular flexibility index (Phi) is 6.28. The van der Waals surface area contributed by atoms with Crippen LogP contribution in [0.5, 0.6) is 11.5 Å². The Bertz CT molecular complexity index is 625. The molecule has 0 aliphatic carbocycles. The summed E-state index contributed by atoms with van der Waals surface area (Å²) in [5.74, 6) is 2.09. The number of nitrogens with zero attached hydrogens (tertiary/aromatic N) is 3. The molecule has 2 aromatic rings. The summed E-state index contributed by atoms with van der Waals surface area (Å²) in [5.41, 5.74) is 0.880. The average molecular weight is 317 g/mol. The SMILES string of the molecule is CCNC(=NCCn1ccnc1)Nc1ccc(OC)c(OC)c1. The van der Waals surface area contributed by atoms with Crippen molar-refractivity contribution in [3.8, 4) is 11.5 Å². The van der Waals surface area contributed by atoms with E-state index in [0.717, 1.165) is 24.7 Å². The highest BCUT2D eigenvalue weighted by atomic mass is 16.5. The number of hydrogen-bond acceptors (Lipinski definition) is 4. The Balaban J connectivity index is 2.03. The van der Waals surface area contributed by atoms with E-state index in [0.29, 0.717) is 18.0 Å². The maximum Gasteiger partial charge on any atom is 0.195 e. The molecule has 2 rings (SSSR count). The predicted octanol–water partition coefficient (Wildman–Crippen LogP) is 1.98. The Hall–Kier alpha value is -2.70. The van der Waals surface area contributed by atoms with Crippen LogP contribution in [-0.4, -0.2) is 42.8 Å². The topological polar surface area (TPSA) is 72.7 Å². The summed E-state index contributed by atoms with van der Waals surface area (Å²) in [5, 5.41) is 6.48. The number of imidazole rings is 1. The molecule has 0 fully saturated rings. The van der Waals surface area contributed by atoms with E-state index in [4.69, 9.17) is 9.47 Å². The van der Waals surface area contributed by atoms with Crippen LogP contribution in [-0.2, 0) is 6.54 Å². The summed E-state index contributed by atoms with van der Waals surface area (Å²) in [6.07, 6.45) is 5.46. The van der Waals surface area contributed by atoms with Crippen LogP contribution in [0.4, 0.5) is 5.69 Å². The third-order valence-electron chi connectivity index (χ3n) is 3.18. The van der Waals surface area contributed by atoms with Crippen LogP contribution in [0.1, 0.15) is 6.92 Å². The van der Waals surface area contributed by atoms with E-state index >= 15 is 0 Å². The minimum absolute atomic E-state index is 0.652. The molecular formula is C16H23N5O2. The van der Waals surface area contributed by atoms with Crippen LogP contribution in [0.2, 0.25) is 0 Å². The van der Waals surface area contributed by atoms with Crippen molar-refractivity contribution in [1.29, 1.82) is 0 Å². The third kappa shape index (κ3) is 4.91. The Labute approximate surface area is 136 Å². The van der Waals surface area contributed by atoms with Gasteiger partial charge in [0.15, 0.2) is 17.5 Å². The smallest absolute Gasteiger partial charge is 0.195 e. The van der Waals surface area contributed by atoms with Gasteiger partial charge in [-0.3, -0.25) is 4.99 Å². The van der Waals surface area contributed by atoms with Gasteiger partial charge in [-0.15, -0.1) is 0 Å². The zero-order valence-electron chi connectivity index (χ0n) is 13.7. The Morgan fingerprint density at radius 1 is 1.26 bits per heavy atom. The fourth-order valence-corrected chi connectivity index (χ4v) is 2.05. The first-order valence-electron chi connectivity index (χ1n) is 7.50. The van der Waals surface area contributed by atoms with E-state index in [9.17, 15) is 0 Å². The summed E-state index contributed by atoms with van der Waals surface area (Å²) < 4.78 is 12.5. The molecule has 0 bridgehead atoms. The maximum atomic E-state index is 5.31. The van der Waals surface area contributed by atoms with Gasteiger partial charge in [0, 0.05) is 37.2 Å². The van der Waals surface area contributed by atoms with Crippen molar-refractivity contribution in [1.82, 2.24) is 14.9 Å². The van der Waals surface area contributed by atoms with E-state index in [1.807, 2.05) is 35.9 Å². The number of aliphatic imine (C=N–C) groups is 1. The number of aromatic nitrogens is 2. The molecule has 23 heavy (non-hydrogen) atoms. The number of benzene rings is 1. The largest absolute Gasteiger partial charge is 0.493 e. The summed E-state index contributed by atoms with van der Waals surface area (Å²) in [4.78, 5) is 8.57. The monoisotopic (exact) mass is 317 g/mol. The average Bonchev–Trinajstić information content (AvgIpc) is 3.08. The number of hydrogen-bond donors (Lipinski definition) is 2. The van der Waals surface area contributed by atoms with Crippen LogP contribution < -0.4 is 20.1 Å². The van der Waals surface area contributed by atoms with Gasteiger partial charge in [-0.25, -0.2) is 4.98 Å². The Morgan fingerprint density at radius 2 is 2.09 bits per heavy atom. The van der Waals surface area contributed by atoms with Gasteiger partial charge in [0.05, 0.1) is 27.1 Å². The van der Waals surface area contributed by atoms with Crippen LogP contribution in [0, 0.1) is 0 Å². The minimum Gasteiger partial charge on any atom is -0.493 e. The molecule has 7 heteroatoms. The van der Waals surface area contributed by atoms with Crippen LogP contribution in [0.15, 0.2) is 41.9 Å². The molecule has 0 atom stereocenters. The molecule has 1 heterocycles. The Morgan fingerprint density at radius 3 is 2.74 bits per heavy atom. The summed E-state index contributed by atoms with van der Waals surface area (Å²) in [6.45, 7) is 4.24. The number of nitrogens with one attached hydrogen (secondary N) is 2. The number of ether oxygens (including phenoxy) is 2. The van der Waals surface area contributed by atoms with Crippen LogP contribution in [0.25, 0.3) is 0 Å². The van der Waals surface area contributed by atoms with Gasteiger partial charge in [0.2, 0.25) is 0 Å². The molecule has 1 aromatic heterocycles. The van der Waals surface area contributed by atoms with Gasteiger partial charge in [0.1, 0.15) is 0 Å². The van der Waals surface area contributed by atoms with Crippen molar-refractivity contribution in [2.24, 2.45) is 4.99 Å². The fourth-order valence-electron chi connectivity index (χ4n) is 2.05. The second-order valence-electron chi connectivity index (χ2n) is 4.76. The van der Waals surface area contributed by atoms with E-state index in [1.165, 1.54) is 0 Å². The second-order valence-corrected chi connectivity index (χ2v) is 4.76. The number of guanidine groups is 1. The predicted molar refractivity (Wildman–Crippen MR) is 91.4 cm³/mol. The van der Waals surface area contributed by atoms with Crippen LogP contribution in [0.3, 0.4) is 0 Å². The lowest BCUT2D eigenvalue weighted by molar-refractivity contribution is 0.355. The van der Waals surface area contributed by atoms with Crippen molar-refractivity contribution >= 4 is 11.6 Å². The van der Waals surface area contributed by atoms with Crippen molar-refractivity contribution in [3.63, 3.8) is 0 Å². The van der Waals surface area contributed by atoms with Gasteiger partial charge in [-0.05, 0) is 19.1 Å². The first kappa shape index (κ1) is 16.7. The number of anilines is 1. The molecule has 0 aliphatic heterocycles. The van der Waals surface area contributed by atoms with Crippen LogP contribution >= 0.6 is 0 Å². The van der Waals surface area contributed by atoms with Gasteiger partial charge in [-0.1, -0.05) is 0 Å². The molecule has 0 amide bonds. The fraction of sp³-hybridized carbons (Fsp3) is 0.375. The highest BCUT2D eigenvalue weighted by Crippen LogP contribution is 2.29. The van der Waals surface area contributed by atoms with Crippen molar-refractivity contribution in [2.45, 2.75) is 13.5 Å². The van der Waals surface area contributed by atoms with E-state index in [1.54, 1.807) is 26.7 Å². The highest BCUT2D eigenvalue weighted by molar-refractivity contribution is 5.93. The first-order valence-corrected chi connectivity index (χ1v) is 7.50. The molecule has 0 radical (unpaired) electrons. The summed E-state index contributed by atoms with van der Waals surface area (Å²) in [7, 11) is 3.23. The van der Waals surface area contributed by atoms with Crippen molar-refractivity contribution in [3.05, 3.63) is 36.9 Å². The quantitative estimate of drug-likeness (QED) is 0.603. The maximum absolute atomic E-state index is 5.31. The number of rotatable bonds is 7. The summed E-state index contributed by atoms with van der Waals surface area (Å²) in [6, 6.07) is 5.65. The molecular weight excluding hydrogens is 294 g/mol. The summed E-state index contributed by atoms with van der Waals surface area (Å²) >= 11 is 0. The van der Waals surface area contributed by atoms with E-state index in [2.05, 4.69) is 20.6 Å². The highest BCUT2D eigenvalue weighted by Gasteiger charge is 2.06. The van der Waals surface area contributed by atoms with Crippen molar-refractivity contribution in [2.75, 3.05) is 32.6 Å². The molecule has 0 unspecified atom stereocenters. The standard InChI is InChI=1S/C16H23N5O2/c1-4-18-16(19-8-10-21-9-7-17-12-21)20-13-5-6-14(22-2)15(11-13)23-3/h5-7,9,11-12H,4,8,10H2,1-3H3,(H2,18,19,20). The second kappa shape index (κ2) is 8.67. The van der Waals surface area contributed by atoms with Crippen molar-refractivity contribution < 1.29 is 9.47 Å². The molecule has 124 valence electrons. The lowest BCUT2D eigenvalue weighted by Gasteiger charge is -2.13. The molecule has 0 aliphatic rings. The molecule has 2 N–H and O–H groups in total. The zero-order valence-corrected chi connectivity index (χ0v) is 13.7. The van der Waals surface area contributed by atoms with Gasteiger partial charge in [0.25, 0.3) is 0 Å². The molecule has 0 spiro atoms. The zero-order chi connectivity index (χ0) is 16.5. The minimum atomic E-state index is 0.652. The van der Waals surface area contributed by atoms with E-state index < -0.39 is 0 Å². The third-order valence-corrected chi connectivity index (χ3v) is 3.18. The number of methoxy groups -OCH3 is 2. The molecule has 1 aromatic carbocycles. The lowest BCUT2D eigenvalue weighted by Crippen LogP contribution is -2.31. The lowest BCUT2D eigenvalue weighted by atomic mass is 10.3. The van der Waals surface area contributed by atoms with E-state index in [-0.39, 0.29) is 0 Å². The van der Waals surface area contributed by atoms with Gasteiger partial charge >= 0.3 is 0 Å². The molecule has 0 saturated heterocycles. The normalized spacial score (nSPS) is 11.2. The first-order chi connectivity index (χ1) is 11.3.